The largest absolute Gasteiger partial charge is 0.393 e. The summed E-state index contributed by atoms with van der Waals surface area (Å²) in [6.07, 6.45) is 8.03. The Bertz CT molecular complexity index is 1010. The summed E-state index contributed by atoms with van der Waals surface area (Å²) >= 11 is 0. The van der Waals surface area contributed by atoms with Gasteiger partial charge in [-0.05, 0) is 91.4 Å². The van der Waals surface area contributed by atoms with Crippen LogP contribution in [0.2, 0.25) is 0 Å². The number of aromatic nitrogens is 1. The summed E-state index contributed by atoms with van der Waals surface area (Å²) in [6, 6.07) is 4.13. The number of fused-ring (bicyclic) bond motifs is 6. The molecule has 5 heteroatoms. The number of aromatic amines is 1. The second-order valence-electron chi connectivity index (χ2n) is 10.6. The van der Waals surface area contributed by atoms with Crippen LogP contribution in [0.15, 0.2) is 4.79 Å². The maximum absolute atomic E-state index is 12.3. The summed E-state index contributed by atoms with van der Waals surface area (Å²) in [7, 11) is 0. The smallest absolute Gasteiger partial charge is 0.267 e. The second kappa shape index (κ2) is 6.19. The number of hydrogen-bond acceptors (Lipinski definition) is 4. The number of rotatable bonds is 0. The van der Waals surface area contributed by atoms with Gasteiger partial charge in [0.2, 0.25) is 0 Å². The maximum Gasteiger partial charge on any atom is 0.267 e. The van der Waals surface area contributed by atoms with Gasteiger partial charge in [0, 0.05) is 5.69 Å². The SMILES string of the molecule is C[C@]12Cc3c([nH]c(=O)c(C#N)c3C#N)CC1CCC1C2CC[C@]2(C)C(O)CCC12. The summed E-state index contributed by atoms with van der Waals surface area (Å²) in [6.45, 7) is 4.69. The zero-order valence-corrected chi connectivity index (χ0v) is 17.3. The van der Waals surface area contributed by atoms with Crippen LogP contribution in [0.5, 0.6) is 0 Å². The molecule has 4 aliphatic carbocycles. The molecule has 1 aromatic heterocycles. The van der Waals surface area contributed by atoms with Crippen LogP contribution in [0.1, 0.15) is 74.8 Å². The van der Waals surface area contributed by atoms with Crippen LogP contribution in [0.4, 0.5) is 0 Å². The zero-order chi connectivity index (χ0) is 20.6. The fraction of sp³-hybridized carbons (Fsp3) is 0.708. The van der Waals surface area contributed by atoms with E-state index in [0.29, 0.717) is 29.2 Å². The molecule has 5 unspecified atom stereocenters. The molecule has 5 rings (SSSR count). The van der Waals surface area contributed by atoms with Crippen molar-refractivity contribution in [3.8, 4) is 12.1 Å². The number of nitriles is 2. The van der Waals surface area contributed by atoms with Crippen LogP contribution < -0.4 is 5.56 Å². The monoisotopic (exact) mass is 391 g/mol. The Morgan fingerprint density at radius 1 is 1.00 bits per heavy atom. The number of aliphatic hydroxyl groups is 1. The Morgan fingerprint density at radius 2 is 1.72 bits per heavy atom. The summed E-state index contributed by atoms with van der Waals surface area (Å²) < 4.78 is 0. The molecule has 0 radical (unpaired) electrons. The molecule has 0 amide bonds. The normalized spacial score (nSPS) is 42.6. The summed E-state index contributed by atoms with van der Waals surface area (Å²) in [5.41, 5.74) is 1.77. The maximum atomic E-state index is 12.3. The van der Waals surface area contributed by atoms with Gasteiger partial charge in [-0.1, -0.05) is 13.8 Å². The lowest BCUT2D eigenvalue weighted by Gasteiger charge is -2.60. The van der Waals surface area contributed by atoms with Crippen molar-refractivity contribution in [1.82, 2.24) is 4.98 Å². The van der Waals surface area contributed by atoms with E-state index in [1.807, 2.05) is 6.07 Å². The third-order valence-corrected chi connectivity index (χ3v) is 9.65. The molecule has 0 aromatic carbocycles. The summed E-state index contributed by atoms with van der Waals surface area (Å²) in [5.74, 6) is 2.32. The number of aliphatic hydroxyl groups excluding tert-OH is 1. The first kappa shape index (κ1) is 18.9. The Morgan fingerprint density at radius 3 is 2.45 bits per heavy atom. The van der Waals surface area contributed by atoms with Crippen LogP contribution in [-0.4, -0.2) is 16.2 Å². The molecule has 1 aromatic rings. The average Bonchev–Trinajstić information content (AvgIpc) is 3.00. The second-order valence-corrected chi connectivity index (χ2v) is 10.6. The van der Waals surface area contributed by atoms with Gasteiger partial charge in [0.25, 0.3) is 5.56 Å². The standard InChI is InChI=1S/C24H29N3O2/c1-23-8-7-19-14(18(23)5-6-21(23)28)4-3-13-9-20-15(10-24(13,19)2)16(11-25)17(12-26)22(29)27-20/h13-14,18-19,21,28H,3-10H2,1-2H3,(H,27,29)/t13?,14?,18?,19?,21?,23-,24-/m0/s1. The quantitative estimate of drug-likeness (QED) is 0.707. The molecule has 5 nitrogen and oxygen atoms in total. The van der Waals surface area contributed by atoms with E-state index in [4.69, 9.17) is 0 Å². The van der Waals surface area contributed by atoms with E-state index in [-0.39, 0.29) is 22.5 Å². The Labute approximate surface area is 171 Å². The van der Waals surface area contributed by atoms with Crippen molar-refractivity contribution < 1.29 is 5.11 Å². The van der Waals surface area contributed by atoms with Gasteiger partial charge in [0.15, 0.2) is 0 Å². The first-order chi connectivity index (χ1) is 13.8. The summed E-state index contributed by atoms with van der Waals surface area (Å²) in [4.78, 5) is 15.2. The zero-order valence-electron chi connectivity index (χ0n) is 17.3. The molecule has 0 spiro atoms. The van der Waals surface area contributed by atoms with Crippen molar-refractivity contribution in [3.63, 3.8) is 0 Å². The van der Waals surface area contributed by atoms with Crippen LogP contribution in [0.25, 0.3) is 0 Å². The molecule has 4 aliphatic rings. The molecule has 152 valence electrons. The minimum absolute atomic E-state index is 0.0317. The van der Waals surface area contributed by atoms with Gasteiger partial charge in [-0.25, -0.2) is 0 Å². The average molecular weight is 392 g/mol. The van der Waals surface area contributed by atoms with E-state index in [1.54, 1.807) is 0 Å². The predicted octanol–water partition coefficient (Wildman–Crippen LogP) is 3.44. The highest BCUT2D eigenvalue weighted by atomic mass is 16.3. The van der Waals surface area contributed by atoms with Crippen LogP contribution in [0, 0.1) is 57.2 Å². The highest BCUT2D eigenvalue weighted by Gasteiger charge is 2.60. The molecule has 0 saturated heterocycles. The van der Waals surface area contributed by atoms with Gasteiger partial charge in [0.05, 0.1) is 11.7 Å². The van der Waals surface area contributed by atoms with Gasteiger partial charge in [-0.15, -0.1) is 0 Å². The van der Waals surface area contributed by atoms with E-state index >= 15 is 0 Å². The van der Waals surface area contributed by atoms with E-state index in [2.05, 4.69) is 24.9 Å². The third-order valence-electron chi connectivity index (χ3n) is 9.65. The summed E-state index contributed by atoms with van der Waals surface area (Å²) in [5, 5.41) is 29.8. The number of nitrogens with zero attached hydrogens (tertiary/aromatic N) is 2. The van der Waals surface area contributed by atoms with Gasteiger partial charge in [0.1, 0.15) is 17.7 Å². The number of nitrogens with one attached hydrogen (secondary N) is 1. The molecule has 29 heavy (non-hydrogen) atoms. The molecular weight excluding hydrogens is 362 g/mol. The Hall–Kier alpha value is -2.11. The fourth-order valence-electron chi connectivity index (χ4n) is 8.04. The topological polar surface area (TPSA) is 101 Å². The molecule has 1 heterocycles. The minimum atomic E-state index is -0.423. The molecule has 3 fully saturated rings. The molecule has 3 saturated carbocycles. The number of hydrogen-bond donors (Lipinski definition) is 2. The minimum Gasteiger partial charge on any atom is -0.393 e. The number of H-pyrrole nitrogens is 1. The van der Waals surface area contributed by atoms with Gasteiger partial charge in [-0.3, -0.25) is 4.79 Å². The lowest BCUT2D eigenvalue weighted by molar-refractivity contribution is -0.111. The van der Waals surface area contributed by atoms with Crippen molar-refractivity contribution in [2.24, 2.45) is 34.5 Å². The van der Waals surface area contributed by atoms with Crippen molar-refractivity contribution in [2.75, 3.05) is 0 Å². The predicted molar refractivity (Wildman–Crippen MR) is 108 cm³/mol. The van der Waals surface area contributed by atoms with E-state index in [9.17, 15) is 20.4 Å². The van der Waals surface area contributed by atoms with Gasteiger partial charge >= 0.3 is 0 Å². The molecule has 2 N–H and O–H groups in total. The first-order valence-corrected chi connectivity index (χ1v) is 11.1. The van der Waals surface area contributed by atoms with Crippen molar-refractivity contribution in [3.05, 3.63) is 32.7 Å². The van der Waals surface area contributed by atoms with E-state index in [1.165, 1.54) is 6.42 Å². The first-order valence-electron chi connectivity index (χ1n) is 11.1. The molecule has 0 bridgehead atoms. The Kier molecular flexibility index (Phi) is 4.03. The third kappa shape index (κ3) is 2.37. The van der Waals surface area contributed by atoms with Crippen LogP contribution >= 0.6 is 0 Å². The Balaban J connectivity index is 1.57. The van der Waals surface area contributed by atoms with Crippen LogP contribution in [-0.2, 0) is 12.8 Å². The molecular formula is C24H29N3O2. The van der Waals surface area contributed by atoms with Gasteiger partial charge < -0.3 is 10.1 Å². The number of pyridine rings is 1. The lowest BCUT2D eigenvalue weighted by atomic mass is 9.45. The van der Waals surface area contributed by atoms with E-state index < -0.39 is 5.56 Å². The van der Waals surface area contributed by atoms with Crippen molar-refractivity contribution >= 4 is 0 Å². The highest BCUT2D eigenvalue weighted by Crippen LogP contribution is 2.65. The highest BCUT2D eigenvalue weighted by molar-refractivity contribution is 5.52. The lowest BCUT2D eigenvalue weighted by Crippen LogP contribution is -2.55. The van der Waals surface area contributed by atoms with Gasteiger partial charge in [-0.2, -0.15) is 10.5 Å². The fourth-order valence-corrected chi connectivity index (χ4v) is 8.04. The van der Waals surface area contributed by atoms with E-state index in [0.717, 1.165) is 56.2 Å². The van der Waals surface area contributed by atoms with Crippen molar-refractivity contribution in [1.29, 1.82) is 10.5 Å². The van der Waals surface area contributed by atoms with Crippen LogP contribution in [0.3, 0.4) is 0 Å². The van der Waals surface area contributed by atoms with Crippen molar-refractivity contribution in [2.45, 2.75) is 71.3 Å². The molecule has 7 atom stereocenters. The molecule has 0 aliphatic heterocycles.